The second-order valence-electron chi connectivity index (χ2n) is 23.1. The molecular weight excluding hydrogens is 877 g/mol. The average Bonchev–Trinajstić information content (AvgIpc) is 3.39. The van der Waals surface area contributed by atoms with Crippen molar-refractivity contribution in [2.45, 2.75) is 297 Å². The third-order valence-corrected chi connectivity index (χ3v) is 16.6. The van der Waals surface area contributed by atoms with Gasteiger partial charge in [-0.15, -0.1) is 0 Å². The molecule has 0 aliphatic carbocycles. The number of carbonyl (C=O) groups is 2. The molecule has 0 unspecified atom stereocenters. The van der Waals surface area contributed by atoms with Gasteiger partial charge < -0.3 is 0 Å². The largest absolute Gasteiger partial charge is 0.288 e. The normalized spacial score (nSPS) is 12.8. The highest BCUT2D eigenvalue weighted by Gasteiger charge is 2.27. The van der Waals surface area contributed by atoms with Crippen LogP contribution in [0, 0.1) is 11.8 Å². The van der Waals surface area contributed by atoms with Crippen LogP contribution in [0.5, 0.6) is 0 Å². The molecule has 0 N–H and O–H groups in total. The molecule has 0 atom stereocenters. The fourth-order valence-corrected chi connectivity index (χ4v) is 12.0. The SMILES string of the molecule is CCCCCCCCCCCC(CCCCCCCCCCC)Cc1ccc2c(c1)C(=O)c1cc3c(cc1=N2)C(=O)c1cc(CC(CCCCCCCCCCC)CCCCCCCCCCC)ccc1N=3. The molecule has 3 aromatic rings. The number of unbranched alkanes of at least 4 members (excludes halogenated alkanes) is 32. The van der Waals surface area contributed by atoms with Crippen LogP contribution in [0.15, 0.2) is 58.5 Å². The van der Waals surface area contributed by atoms with Crippen molar-refractivity contribution < 1.29 is 9.59 Å². The molecule has 2 heterocycles. The number of hydrogen-bond acceptors (Lipinski definition) is 4. The van der Waals surface area contributed by atoms with Crippen molar-refractivity contribution in [3.63, 3.8) is 0 Å². The van der Waals surface area contributed by atoms with E-state index in [1.54, 1.807) is 0 Å². The van der Waals surface area contributed by atoms with E-state index in [9.17, 15) is 9.59 Å². The van der Waals surface area contributed by atoms with Gasteiger partial charge in [-0.3, -0.25) is 9.59 Å². The van der Waals surface area contributed by atoms with Crippen molar-refractivity contribution in [3.8, 4) is 0 Å². The summed E-state index contributed by atoms with van der Waals surface area (Å²) in [6, 6.07) is 16.5. The number of benzene rings is 3. The predicted molar refractivity (Wildman–Crippen MR) is 310 cm³/mol. The fraction of sp³-hybridized carbons (Fsp3) is 0.706. The van der Waals surface area contributed by atoms with E-state index in [1.165, 1.54) is 268 Å². The number of rotatable bonds is 44. The van der Waals surface area contributed by atoms with Crippen LogP contribution in [0.4, 0.5) is 11.4 Å². The third kappa shape index (κ3) is 21.8. The predicted octanol–water partition coefficient (Wildman–Crippen LogP) is 20.7. The summed E-state index contributed by atoms with van der Waals surface area (Å²) in [5, 5.41) is 1.19. The van der Waals surface area contributed by atoms with E-state index in [4.69, 9.17) is 9.98 Å². The Bertz CT molecular complexity index is 1910. The summed E-state index contributed by atoms with van der Waals surface area (Å²) < 4.78 is 0. The lowest BCUT2D eigenvalue weighted by Crippen LogP contribution is -2.30. The molecular formula is C68H106N2O2. The number of fused-ring (bicyclic) bond motifs is 4. The lowest BCUT2D eigenvalue weighted by Gasteiger charge is -2.20. The molecule has 3 aromatic carbocycles. The molecule has 2 aliphatic rings. The Balaban J connectivity index is 1.21. The highest BCUT2D eigenvalue weighted by molar-refractivity contribution is 6.15. The minimum atomic E-state index is 0.00264. The number of ketones is 2. The molecule has 0 aromatic heterocycles. The molecule has 0 saturated heterocycles. The number of nitrogens with zero attached hydrogens (tertiary/aromatic N) is 2. The van der Waals surface area contributed by atoms with Crippen LogP contribution >= 0.6 is 0 Å². The molecule has 400 valence electrons. The van der Waals surface area contributed by atoms with E-state index in [0.717, 1.165) is 24.2 Å². The Morgan fingerprint density at radius 3 is 0.819 bits per heavy atom. The summed E-state index contributed by atoms with van der Waals surface area (Å²) in [5.41, 5.74) is 6.45. The summed E-state index contributed by atoms with van der Waals surface area (Å²) in [6.07, 6.45) is 56.1. The van der Waals surface area contributed by atoms with Crippen LogP contribution in [-0.4, -0.2) is 11.6 Å². The summed E-state index contributed by atoms with van der Waals surface area (Å²) >= 11 is 0. The zero-order valence-electron chi connectivity index (χ0n) is 47.2. The van der Waals surface area contributed by atoms with Gasteiger partial charge >= 0.3 is 0 Å². The third-order valence-electron chi connectivity index (χ3n) is 16.6. The fourth-order valence-electron chi connectivity index (χ4n) is 12.0. The first-order valence-corrected chi connectivity index (χ1v) is 31.4. The van der Waals surface area contributed by atoms with E-state index >= 15 is 0 Å². The second kappa shape index (κ2) is 36.5. The topological polar surface area (TPSA) is 58.9 Å². The monoisotopic (exact) mass is 983 g/mol. The molecule has 2 aliphatic heterocycles. The van der Waals surface area contributed by atoms with Crippen LogP contribution in [0.1, 0.15) is 327 Å². The van der Waals surface area contributed by atoms with Crippen molar-refractivity contribution in [1.29, 1.82) is 0 Å². The van der Waals surface area contributed by atoms with E-state index < -0.39 is 0 Å². The maximum absolute atomic E-state index is 14.4. The molecule has 0 amide bonds. The Kier molecular flexibility index (Phi) is 30.2. The first kappa shape index (κ1) is 59.5. The van der Waals surface area contributed by atoms with Gasteiger partial charge in [0.05, 0.1) is 33.2 Å². The maximum Gasteiger partial charge on any atom is 0.197 e. The molecule has 0 radical (unpaired) electrons. The van der Waals surface area contributed by atoms with Crippen LogP contribution in [0.2, 0.25) is 0 Å². The van der Waals surface area contributed by atoms with Crippen molar-refractivity contribution in [3.05, 3.63) is 92.6 Å². The van der Waals surface area contributed by atoms with Crippen LogP contribution in [-0.2, 0) is 12.8 Å². The van der Waals surface area contributed by atoms with Crippen molar-refractivity contribution >= 4 is 22.9 Å². The Morgan fingerprint density at radius 1 is 0.306 bits per heavy atom. The second-order valence-corrected chi connectivity index (χ2v) is 23.1. The van der Waals surface area contributed by atoms with Crippen molar-refractivity contribution in [2.24, 2.45) is 21.8 Å². The van der Waals surface area contributed by atoms with Gasteiger partial charge in [0.2, 0.25) is 0 Å². The van der Waals surface area contributed by atoms with Gasteiger partial charge in [-0.25, -0.2) is 9.98 Å². The maximum atomic E-state index is 14.4. The van der Waals surface area contributed by atoms with Gasteiger partial charge in [0.25, 0.3) is 0 Å². The van der Waals surface area contributed by atoms with Crippen molar-refractivity contribution in [2.75, 3.05) is 0 Å². The van der Waals surface area contributed by atoms with E-state index in [0.29, 0.717) is 44.8 Å². The lowest BCUT2D eigenvalue weighted by molar-refractivity contribution is 0.102. The first-order valence-electron chi connectivity index (χ1n) is 31.4. The summed E-state index contributed by atoms with van der Waals surface area (Å²) in [4.78, 5) is 38.9. The van der Waals surface area contributed by atoms with Crippen LogP contribution < -0.4 is 10.7 Å². The smallest absolute Gasteiger partial charge is 0.197 e. The molecule has 72 heavy (non-hydrogen) atoms. The van der Waals surface area contributed by atoms with Gasteiger partial charge in [0.15, 0.2) is 11.6 Å². The van der Waals surface area contributed by atoms with Gasteiger partial charge in [-0.05, 0) is 72.2 Å². The lowest BCUT2D eigenvalue weighted by atomic mass is 9.86. The van der Waals surface area contributed by atoms with Gasteiger partial charge in [-0.2, -0.15) is 0 Å². The summed E-state index contributed by atoms with van der Waals surface area (Å²) in [6.45, 7) is 9.19. The molecule has 5 rings (SSSR count). The summed E-state index contributed by atoms with van der Waals surface area (Å²) in [5.74, 6) is 1.29. The quantitative estimate of drug-likeness (QED) is 0.0365. The zero-order valence-corrected chi connectivity index (χ0v) is 47.2. The first-order chi connectivity index (χ1) is 35.4. The molecule has 4 nitrogen and oxygen atoms in total. The molecule has 0 bridgehead atoms. The average molecular weight is 984 g/mol. The highest BCUT2D eigenvalue weighted by Crippen LogP contribution is 2.32. The minimum Gasteiger partial charge on any atom is -0.288 e. The van der Waals surface area contributed by atoms with E-state index in [1.807, 2.05) is 12.1 Å². The van der Waals surface area contributed by atoms with E-state index in [-0.39, 0.29) is 11.6 Å². The number of carbonyl (C=O) groups excluding carboxylic acids is 2. The zero-order chi connectivity index (χ0) is 50.9. The van der Waals surface area contributed by atoms with Gasteiger partial charge in [0, 0.05) is 11.1 Å². The van der Waals surface area contributed by atoms with Crippen LogP contribution in [0.3, 0.4) is 0 Å². The summed E-state index contributed by atoms with van der Waals surface area (Å²) in [7, 11) is 0. The number of hydrogen-bond donors (Lipinski definition) is 0. The molecule has 0 saturated carbocycles. The van der Waals surface area contributed by atoms with Crippen LogP contribution in [0.25, 0.3) is 0 Å². The Morgan fingerprint density at radius 2 is 0.556 bits per heavy atom. The Labute approximate surface area is 442 Å². The standard InChI is InChI=1S/C68H106N2O2/c1-5-9-13-17-21-25-29-33-37-41-55(42-38-34-30-26-22-18-14-10-6-2)49-57-45-47-63-59(51-57)67(71)61-53-66-62(54-65(61)69-63)68(72)60-52-58(46-48-64(60)70-66)50-56(43-39-35-31-27-23-19-15-11-7-3)44-40-36-32-28-24-20-16-12-8-4/h45-48,51-56H,5-44,49-50H2,1-4H3. The molecule has 0 spiro atoms. The molecule has 0 fully saturated rings. The van der Waals surface area contributed by atoms with Crippen molar-refractivity contribution in [1.82, 2.24) is 0 Å². The van der Waals surface area contributed by atoms with Gasteiger partial charge in [-0.1, -0.05) is 297 Å². The minimum absolute atomic E-state index is 0.00264. The van der Waals surface area contributed by atoms with Gasteiger partial charge in [0.1, 0.15) is 0 Å². The highest BCUT2D eigenvalue weighted by atomic mass is 16.1. The molecule has 4 heteroatoms. The Hall–Kier alpha value is -3.40. The van der Waals surface area contributed by atoms with E-state index in [2.05, 4.69) is 64.1 Å².